The molecule has 2 aliphatic rings. The molecule has 4 rings (SSSR count). The topological polar surface area (TPSA) is 62.1 Å². The van der Waals surface area contributed by atoms with Crippen LogP contribution in [-0.2, 0) is 11.3 Å². The van der Waals surface area contributed by atoms with Crippen LogP contribution in [-0.4, -0.2) is 84.6 Å². The highest BCUT2D eigenvalue weighted by atomic mass is 16.5. The summed E-state index contributed by atoms with van der Waals surface area (Å²) in [6.07, 6.45) is 6.75. The van der Waals surface area contributed by atoms with Crippen molar-refractivity contribution in [1.82, 2.24) is 19.7 Å². The van der Waals surface area contributed by atoms with Crippen LogP contribution in [0.25, 0.3) is 6.08 Å². The molecule has 2 aromatic rings. The van der Waals surface area contributed by atoms with E-state index < -0.39 is 0 Å². The van der Waals surface area contributed by atoms with Crippen molar-refractivity contribution in [3.63, 3.8) is 0 Å². The molecule has 0 saturated carbocycles. The highest BCUT2D eigenvalue weighted by Gasteiger charge is 2.27. The van der Waals surface area contributed by atoms with E-state index >= 15 is 0 Å². The van der Waals surface area contributed by atoms with Gasteiger partial charge in [0.1, 0.15) is 6.26 Å². The monoisotopic (exact) mass is 410 g/mol. The molecule has 0 bridgehead atoms. The molecule has 1 atom stereocenters. The predicted molar refractivity (Wildman–Crippen MR) is 115 cm³/mol. The Kier molecular flexibility index (Phi) is 6.94. The molecule has 1 unspecified atom stereocenters. The van der Waals surface area contributed by atoms with Gasteiger partial charge in [-0.1, -0.05) is 42.5 Å². The van der Waals surface area contributed by atoms with Crippen LogP contribution in [0.15, 0.2) is 47.1 Å². The van der Waals surface area contributed by atoms with Crippen LogP contribution in [0, 0.1) is 0 Å². The number of benzene rings is 1. The smallest absolute Gasteiger partial charge is 0.275 e. The number of hydrogen-bond acceptors (Lipinski definition) is 6. The van der Waals surface area contributed by atoms with Gasteiger partial charge in [-0.05, 0) is 12.0 Å². The zero-order valence-electron chi connectivity index (χ0n) is 17.6. The van der Waals surface area contributed by atoms with Gasteiger partial charge in [-0.15, -0.1) is 0 Å². The molecule has 2 fully saturated rings. The molecule has 7 heteroatoms. The molecule has 0 aliphatic carbocycles. The quantitative estimate of drug-likeness (QED) is 0.698. The van der Waals surface area contributed by atoms with Crippen molar-refractivity contribution in [3.05, 3.63) is 59.8 Å². The van der Waals surface area contributed by atoms with E-state index in [1.54, 1.807) is 4.90 Å². The van der Waals surface area contributed by atoms with Crippen molar-refractivity contribution in [2.45, 2.75) is 19.0 Å². The first kappa shape index (κ1) is 20.8. The minimum atomic E-state index is -0.101. The molecule has 3 heterocycles. The van der Waals surface area contributed by atoms with Crippen molar-refractivity contribution in [1.29, 1.82) is 0 Å². The Labute approximate surface area is 177 Å². The molecule has 160 valence electrons. The van der Waals surface area contributed by atoms with Crippen LogP contribution < -0.4 is 0 Å². The first-order valence-corrected chi connectivity index (χ1v) is 10.6. The van der Waals surface area contributed by atoms with Crippen molar-refractivity contribution >= 4 is 12.0 Å². The number of piperazine rings is 1. The molecular weight excluding hydrogens is 380 g/mol. The fourth-order valence-corrected chi connectivity index (χ4v) is 3.88. The largest absolute Gasteiger partial charge is 0.447 e. The van der Waals surface area contributed by atoms with E-state index in [9.17, 15) is 4.79 Å². The lowest BCUT2D eigenvalue weighted by Gasteiger charge is -2.33. The van der Waals surface area contributed by atoms with E-state index in [-0.39, 0.29) is 11.9 Å². The van der Waals surface area contributed by atoms with Crippen LogP contribution in [0.3, 0.4) is 0 Å². The summed E-state index contributed by atoms with van der Waals surface area (Å²) in [4.78, 5) is 23.5. The fourth-order valence-electron chi connectivity index (χ4n) is 3.88. The van der Waals surface area contributed by atoms with E-state index in [2.05, 4.69) is 51.2 Å². The van der Waals surface area contributed by atoms with Gasteiger partial charge in [-0.2, -0.15) is 0 Å². The summed E-state index contributed by atoms with van der Waals surface area (Å²) >= 11 is 0. The third-order valence-electron chi connectivity index (χ3n) is 5.84. The average molecular weight is 411 g/mol. The van der Waals surface area contributed by atoms with Gasteiger partial charge >= 0.3 is 0 Å². The van der Waals surface area contributed by atoms with Crippen LogP contribution in [0.5, 0.6) is 0 Å². The summed E-state index contributed by atoms with van der Waals surface area (Å²) in [5.41, 5.74) is 1.61. The lowest BCUT2D eigenvalue weighted by molar-refractivity contribution is 0.0705. The van der Waals surface area contributed by atoms with E-state index in [4.69, 9.17) is 9.15 Å². The summed E-state index contributed by atoms with van der Waals surface area (Å²) in [5, 5.41) is 0. The zero-order valence-corrected chi connectivity index (χ0v) is 17.6. The number of nitrogens with zero attached hydrogens (tertiary/aromatic N) is 4. The van der Waals surface area contributed by atoms with E-state index in [1.165, 1.54) is 11.8 Å². The Hall–Kier alpha value is -2.48. The molecule has 0 radical (unpaired) electrons. The maximum atomic E-state index is 12.6. The number of rotatable bonds is 7. The lowest BCUT2D eigenvalue weighted by atomic mass is 10.2. The number of likely N-dealkylation sites (N-methyl/N-ethyl adjacent to an activating group) is 1. The number of aromatic nitrogens is 1. The Morgan fingerprint density at radius 3 is 2.70 bits per heavy atom. The van der Waals surface area contributed by atoms with Crippen LogP contribution in [0.4, 0.5) is 0 Å². The lowest BCUT2D eigenvalue weighted by Crippen LogP contribution is -2.45. The predicted octanol–water partition coefficient (Wildman–Crippen LogP) is 2.37. The molecule has 0 N–H and O–H groups in total. The van der Waals surface area contributed by atoms with Gasteiger partial charge in [-0.3, -0.25) is 14.6 Å². The third kappa shape index (κ3) is 5.36. The Morgan fingerprint density at radius 2 is 1.97 bits per heavy atom. The molecular formula is C23H30N4O3. The molecule has 30 heavy (non-hydrogen) atoms. The maximum absolute atomic E-state index is 12.6. The number of carbonyl (C=O) groups is 1. The number of hydrogen-bond donors (Lipinski definition) is 0. The van der Waals surface area contributed by atoms with E-state index in [0.717, 1.165) is 39.1 Å². The van der Waals surface area contributed by atoms with Gasteiger partial charge in [-0.25, -0.2) is 4.98 Å². The van der Waals surface area contributed by atoms with Crippen molar-refractivity contribution in [3.8, 4) is 0 Å². The summed E-state index contributed by atoms with van der Waals surface area (Å²) in [5.74, 6) is 0.502. The Bertz CT molecular complexity index is 837. The second-order valence-corrected chi connectivity index (χ2v) is 7.95. The standard InChI is InChI=1S/C23H30N4O3/c1-25(20-9-15-29-17-20)23(28)21-18-30-22(24-21)16-27-13-11-26(12-14-27)10-5-8-19-6-3-2-4-7-19/h2-8,18,20H,9-17H2,1H3. The Morgan fingerprint density at radius 1 is 1.20 bits per heavy atom. The molecule has 0 spiro atoms. The first-order chi connectivity index (χ1) is 14.7. The summed E-state index contributed by atoms with van der Waals surface area (Å²) < 4.78 is 11.0. The molecule has 7 nitrogen and oxygen atoms in total. The SMILES string of the molecule is CN(C(=O)c1coc(CN2CCN(CC=Cc3ccccc3)CC2)n1)C1CCOC1. The summed E-state index contributed by atoms with van der Waals surface area (Å²) in [6, 6.07) is 10.5. The van der Waals surface area contributed by atoms with Gasteiger partial charge in [0.25, 0.3) is 5.91 Å². The molecule has 1 amide bonds. The van der Waals surface area contributed by atoms with Crippen LogP contribution >= 0.6 is 0 Å². The van der Waals surface area contributed by atoms with Gasteiger partial charge in [0.2, 0.25) is 5.89 Å². The van der Waals surface area contributed by atoms with E-state index in [0.29, 0.717) is 31.3 Å². The van der Waals surface area contributed by atoms with Gasteiger partial charge in [0.15, 0.2) is 5.69 Å². The fraction of sp³-hybridized carbons (Fsp3) is 0.478. The van der Waals surface area contributed by atoms with Crippen molar-refractivity contribution in [2.24, 2.45) is 0 Å². The highest BCUT2D eigenvalue weighted by Crippen LogP contribution is 2.15. The maximum Gasteiger partial charge on any atom is 0.275 e. The zero-order chi connectivity index (χ0) is 20.8. The number of oxazole rings is 1. The second-order valence-electron chi connectivity index (χ2n) is 7.95. The second kappa shape index (κ2) is 10.0. The number of amides is 1. The van der Waals surface area contributed by atoms with Crippen LogP contribution in [0.2, 0.25) is 0 Å². The minimum Gasteiger partial charge on any atom is -0.447 e. The molecule has 1 aromatic heterocycles. The summed E-state index contributed by atoms with van der Waals surface area (Å²) in [6.45, 7) is 6.84. The highest BCUT2D eigenvalue weighted by molar-refractivity contribution is 5.92. The van der Waals surface area contributed by atoms with E-state index in [1.807, 2.05) is 13.1 Å². The Balaban J connectivity index is 1.21. The number of ether oxygens (including phenoxy) is 1. The van der Waals surface area contributed by atoms with Gasteiger partial charge in [0, 0.05) is 46.4 Å². The van der Waals surface area contributed by atoms with Crippen LogP contribution in [0.1, 0.15) is 28.4 Å². The van der Waals surface area contributed by atoms with Crippen molar-refractivity contribution in [2.75, 3.05) is 53.0 Å². The summed E-state index contributed by atoms with van der Waals surface area (Å²) in [7, 11) is 1.81. The molecule has 2 aliphatic heterocycles. The molecule has 1 aromatic carbocycles. The van der Waals surface area contributed by atoms with Gasteiger partial charge in [0.05, 0.1) is 19.2 Å². The first-order valence-electron chi connectivity index (χ1n) is 10.6. The third-order valence-corrected chi connectivity index (χ3v) is 5.84. The van der Waals surface area contributed by atoms with Gasteiger partial charge < -0.3 is 14.1 Å². The average Bonchev–Trinajstić information content (AvgIpc) is 3.47. The number of carbonyl (C=O) groups excluding carboxylic acids is 1. The van der Waals surface area contributed by atoms with Crippen molar-refractivity contribution < 1.29 is 13.9 Å². The molecule has 2 saturated heterocycles. The normalized spacial score (nSPS) is 20.8. The minimum absolute atomic E-state index is 0.101.